The van der Waals surface area contributed by atoms with Crippen molar-refractivity contribution < 1.29 is 23.6 Å². The van der Waals surface area contributed by atoms with E-state index in [9.17, 15) is 14.4 Å². The van der Waals surface area contributed by atoms with Crippen molar-refractivity contribution in [2.24, 2.45) is 0 Å². The number of benzene rings is 1. The average Bonchev–Trinajstić information content (AvgIpc) is 3.15. The lowest BCUT2D eigenvalue weighted by atomic mass is 10.1. The van der Waals surface area contributed by atoms with Crippen LogP contribution in [0.2, 0.25) is 5.02 Å². The van der Waals surface area contributed by atoms with Gasteiger partial charge in [0.1, 0.15) is 5.54 Å². The Bertz CT molecular complexity index is 878. The highest BCUT2D eigenvalue weighted by Crippen LogP contribution is 2.19. The minimum Gasteiger partial charge on any atom is -0.456 e. The summed E-state index contributed by atoms with van der Waals surface area (Å²) in [4.78, 5) is 40.8. The van der Waals surface area contributed by atoms with Gasteiger partial charge in [0.25, 0.3) is 11.8 Å². The SMILES string of the molecule is CC1(C)NC(=O)N(CCC(=O)OCc2nc(-c3ccc(Cl)cc3)no2)C1=O. The Morgan fingerprint density at radius 2 is 2.00 bits per heavy atom. The lowest BCUT2D eigenvalue weighted by Crippen LogP contribution is -2.40. The van der Waals surface area contributed by atoms with Gasteiger partial charge in [-0.25, -0.2) is 4.79 Å². The normalized spacial score (nSPS) is 15.7. The predicted molar refractivity (Wildman–Crippen MR) is 93.5 cm³/mol. The second kappa shape index (κ2) is 7.36. The summed E-state index contributed by atoms with van der Waals surface area (Å²) in [5.74, 6) is -0.500. The molecular weight excluding hydrogens is 376 g/mol. The van der Waals surface area contributed by atoms with Crippen molar-refractivity contribution in [1.82, 2.24) is 20.4 Å². The van der Waals surface area contributed by atoms with Gasteiger partial charge in [0.05, 0.1) is 6.42 Å². The number of ether oxygens (including phenoxy) is 1. The van der Waals surface area contributed by atoms with Gasteiger partial charge in [-0.3, -0.25) is 14.5 Å². The Hall–Kier alpha value is -2.94. The first-order valence-electron chi connectivity index (χ1n) is 8.14. The molecule has 0 spiro atoms. The summed E-state index contributed by atoms with van der Waals surface area (Å²) in [7, 11) is 0. The van der Waals surface area contributed by atoms with Gasteiger partial charge < -0.3 is 14.6 Å². The number of aromatic nitrogens is 2. The quantitative estimate of drug-likeness (QED) is 0.591. The van der Waals surface area contributed by atoms with Crippen LogP contribution in [0.4, 0.5) is 4.79 Å². The number of imide groups is 1. The number of nitrogens with zero attached hydrogens (tertiary/aromatic N) is 3. The minimum atomic E-state index is -0.969. The molecule has 1 N–H and O–H groups in total. The molecule has 1 aromatic heterocycles. The fourth-order valence-corrected chi connectivity index (χ4v) is 2.59. The van der Waals surface area contributed by atoms with Crippen LogP contribution < -0.4 is 5.32 Å². The molecule has 10 heteroatoms. The molecule has 1 fully saturated rings. The van der Waals surface area contributed by atoms with Gasteiger partial charge in [-0.05, 0) is 38.1 Å². The summed E-state index contributed by atoms with van der Waals surface area (Å²) in [6.07, 6.45) is -0.132. The van der Waals surface area contributed by atoms with Crippen molar-refractivity contribution in [1.29, 1.82) is 0 Å². The van der Waals surface area contributed by atoms with E-state index in [1.807, 2.05) is 0 Å². The Morgan fingerprint density at radius 1 is 1.30 bits per heavy atom. The average molecular weight is 393 g/mol. The molecule has 0 unspecified atom stereocenters. The highest BCUT2D eigenvalue weighted by Gasteiger charge is 2.44. The highest BCUT2D eigenvalue weighted by atomic mass is 35.5. The summed E-state index contributed by atoms with van der Waals surface area (Å²) in [5, 5.41) is 6.94. The van der Waals surface area contributed by atoms with E-state index in [0.717, 1.165) is 4.90 Å². The van der Waals surface area contributed by atoms with E-state index in [4.69, 9.17) is 20.9 Å². The smallest absolute Gasteiger partial charge is 0.325 e. The standard InChI is InChI=1S/C17H17ClN4O5/c1-17(2)15(24)22(16(25)20-17)8-7-13(23)26-9-12-19-14(21-27-12)10-3-5-11(18)6-4-10/h3-6H,7-9H2,1-2H3,(H,20,25). The zero-order valence-electron chi connectivity index (χ0n) is 14.7. The van der Waals surface area contributed by atoms with Crippen molar-refractivity contribution >= 4 is 29.5 Å². The summed E-state index contributed by atoms with van der Waals surface area (Å²) in [5.41, 5.74) is -0.259. The van der Waals surface area contributed by atoms with E-state index < -0.39 is 17.5 Å². The van der Waals surface area contributed by atoms with Crippen LogP contribution >= 0.6 is 11.6 Å². The maximum atomic E-state index is 12.0. The molecule has 2 heterocycles. The molecule has 0 aliphatic carbocycles. The number of amides is 3. The van der Waals surface area contributed by atoms with E-state index in [1.54, 1.807) is 38.1 Å². The summed E-state index contributed by atoms with van der Waals surface area (Å²) in [6.45, 7) is 2.93. The van der Waals surface area contributed by atoms with Gasteiger partial charge >= 0.3 is 12.0 Å². The number of nitrogens with one attached hydrogen (secondary N) is 1. The van der Waals surface area contributed by atoms with Crippen molar-refractivity contribution in [2.75, 3.05) is 6.54 Å². The number of hydrogen-bond acceptors (Lipinski definition) is 7. The largest absolute Gasteiger partial charge is 0.456 e. The van der Waals surface area contributed by atoms with Crippen LogP contribution in [0.25, 0.3) is 11.4 Å². The first-order chi connectivity index (χ1) is 12.8. The van der Waals surface area contributed by atoms with Crippen molar-refractivity contribution in [3.8, 4) is 11.4 Å². The van der Waals surface area contributed by atoms with Crippen LogP contribution in [0, 0.1) is 0 Å². The maximum Gasteiger partial charge on any atom is 0.325 e. The van der Waals surface area contributed by atoms with Crippen LogP contribution in [0.1, 0.15) is 26.2 Å². The highest BCUT2D eigenvalue weighted by molar-refractivity contribution is 6.30. The minimum absolute atomic E-state index is 0.0627. The van der Waals surface area contributed by atoms with Crippen LogP contribution in [-0.4, -0.2) is 45.0 Å². The molecule has 1 aliphatic heterocycles. The molecule has 0 atom stereocenters. The number of carbonyl (C=O) groups excluding carboxylic acids is 3. The van der Waals surface area contributed by atoms with E-state index in [-0.39, 0.29) is 31.4 Å². The van der Waals surface area contributed by atoms with Gasteiger partial charge in [0.15, 0.2) is 6.61 Å². The van der Waals surface area contributed by atoms with Crippen LogP contribution in [-0.2, 0) is 20.9 Å². The summed E-state index contributed by atoms with van der Waals surface area (Å²) < 4.78 is 10.1. The third-order valence-electron chi connectivity index (χ3n) is 3.91. The van der Waals surface area contributed by atoms with Crippen LogP contribution in [0.5, 0.6) is 0 Å². The van der Waals surface area contributed by atoms with E-state index in [1.165, 1.54) is 0 Å². The number of hydrogen-bond donors (Lipinski definition) is 1. The zero-order valence-corrected chi connectivity index (χ0v) is 15.4. The molecule has 3 amide bonds. The molecule has 2 aromatic rings. The van der Waals surface area contributed by atoms with Gasteiger partial charge in [0.2, 0.25) is 5.82 Å². The first kappa shape index (κ1) is 18.8. The number of halogens is 1. The van der Waals surface area contributed by atoms with Gasteiger partial charge in [-0.1, -0.05) is 16.8 Å². The Kier molecular flexibility index (Phi) is 5.13. The molecule has 9 nitrogen and oxygen atoms in total. The first-order valence-corrected chi connectivity index (χ1v) is 8.52. The molecular formula is C17H17ClN4O5. The number of esters is 1. The molecule has 3 rings (SSSR count). The monoisotopic (exact) mass is 392 g/mol. The molecule has 1 aromatic carbocycles. The summed E-state index contributed by atoms with van der Waals surface area (Å²) >= 11 is 5.83. The van der Waals surface area contributed by atoms with Gasteiger partial charge in [-0.15, -0.1) is 0 Å². The fraction of sp³-hybridized carbons (Fsp3) is 0.353. The molecule has 0 bridgehead atoms. The van der Waals surface area contributed by atoms with Crippen molar-refractivity contribution in [3.05, 3.63) is 35.2 Å². The second-order valence-corrected chi connectivity index (χ2v) is 6.88. The van der Waals surface area contributed by atoms with Gasteiger partial charge in [0, 0.05) is 17.1 Å². The van der Waals surface area contributed by atoms with E-state index in [2.05, 4.69) is 15.5 Å². The lowest BCUT2D eigenvalue weighted by Gasteiger charge is -2.15. The fourth-order valence-electron chi connectivity index (χ4n) is 2.47. The number of carbonyl (C=O) groups is 3. The third kappa shape index (κ3) is 4.25. The van der Waals surface area contributed by atoms with Gasteiger partial charge in [-0.2, -0.15) is 4.98 Å². The lowest BCUT2D eigenvalue weighted by molar-refractivity contribution is -0.146. The number of urea groups is 1. The topological polar surface area (TPSA) is 115 Å². The Labute approximate surface area is 159 Å². The van der Waals surface area contributed by atoms with E-state index in [0.29, 0.717) is 16.4 Å². The molecule has 1 saturated heterocycles. The Balaban J connectivity index is 1.49. The number of rotatable bonds is 6. The van der Waals surface area contributed by atoms with E-state index >= 15 is 0 Å². The molecule has 1 aliphatic rings. The van der Waals surface area contributed by atoms with Crippen LogP contribution in [0.15, 0.2) is 28.8 Å². The second-order valence-electron chi connectivity index (χ2n) is 6.44. The summed E-state index contributed by atoms with van der Waals surface area (Å²) in [6, 6.07) is 6.35. The van der Waals surface area contributed by atoms with Crippen LogP contribution in [0.3, 0.4) is 0 Å². The zero-order chi connectivity index (χ0) is 19.6. The molecule has 0 saturated carbocycles. The van der Waals surface area contributed by atoms with Crippen molar-refractivity contribution in [3.63, 3.8) is 0 Å². The molecule has 0 radical (unpaired) electrons. The predicted octanol–water partition coefficient (Wildman–Crippen LogP) is 2.15. The Morgan fingerprint density at radius 3 is 2.63 bits per heavy atom. The maximum absolute atomic E-state index is 12.0. The molecule has 142 valence electrons. The third-order valence-corrected chi connectivity index (χ3v) is 4.16. The molecule has 27 heavy (non-hydrogen) atoms. The van der Waals surface area contributed by atoms with Crippen molar-refractivity contribution in [2.45, 2.75) is 32.4 Å².